The van der Waals surface area contributed by atoms with Crippen LogP contribution in [0.4, 0.5) is 4.79 Å². The molecule has 1 rings (SSSR count). The topological polar surface area (TPSA) is 122 Å². The SMILES string of the molecule is CC(NC(=O)NC(CC(N)=O)C(=O)O)C1CCCCC1. The lowest BCUT2D eigenvalue weighted by Crippen LogP contribution is -2.51. The first-order valence-electron chi connectivity index (χ1n) is 6.98. The van der Waals surface area contributed by atoms with Crippen molar-refractivity contribution in [3.05, 3.63) is 0 Å². The van der Waals surface area contributed by atoms with Crippen molar-refractivity contribution in [2.24, 2.45) is 11.7 Å². The lowest BCUT2D eigenvalue weighted by molar-refractivity contribution is -0.140. The van der Waals surface area contributed by atoms with Gasteiger partial charge in [-0.05, 0) is 25.7 Å². The van der Waals surface area contributed by atoms with Gasteiger partial charge in [0.2, 0.25) is 5.91 Å². The maximum absolute atomic E-state index is 11.8. The number of aliphatic carboxylic acids is 1. The molecule has 0 aromatic carbocycles. The van der Waals surface area contributed by atoms with Crippen LogP contribution in [0, 0.1) is 5.92 Å². The molecule has 0 aliphatic heterocycles. The zero-order chi connectivity index (χ0) is 15.1. The van der Waals surface area contributed by atoms with Gasteiger partial charge in [-0.2, -0.15) is 0 Å². The number of primary amides is 1. The number of carboxylic acid groups (broad SMARTS) is 1. The van der Waals surface area contributed by atoms with E-state index in [-0.39, 0.29) is 6.04 Å². The summed E-state index contributed by atoms with van der Waals surface area (Å²) in [6, 6.07) is -1.87. The summed E-state index contributed by atoms with van der Waals surface area (Å²) in [6.45, 7) is 1.92. The number of carbonyl (C=O) groups is 3. The third kappa shape index (κ3) is 5.46. The highest BCUT2D eigenvalue weighted by atomic mass is 16.4. The second-order valence-corrected chi connectivity index (χ2v) is 5.37. The number of nitrogens with one attached hydrogen (secondary N) is 2. The Labute approximate surface area is 118 Å². The zero-order valence-electron chi connectivity index (χ0n) is 11.7. The Bertz CT molecular complexity index is 367. The van der Waals surface area contributed by atoms with Gasteiger partial charge >= 0.3 is 12.0 Å². The lowest BCUT2D eigenvalue weighted by atomic mass is 9.85. The fraction of sp³-hybridized carbons (Fsp3) is 0.769. The molecular weight excluding hydrogens is 262 g/mol. The van der Waals surface area contributed by atoms with E-state index in [1.165, 1.54) is 6.42 Å². The Morgan fingerprint density at radius 3 is 2.30 bits per heavy atom. The standard InChI is InChI=1S/C13H23N3O4/c1-8(9-5-3-2-4-6-9)15-13(20)16-10(12(18)19)7-11(14)17/h8-10H,2-7H2,1H3,(H2,14,17)(H,18,19)(H2,15,16,20). The van der Waals surface area contributed by atoms with Gasteiger partial charge < -0.3 is 21.5 Å². The molecule has 7 heteroatoms. The Hall–Kier alpha value is -1.79. The van der Waals surface area contributed by atoms with Crippen LogP contribution in [0.1, 0.15) is 45.4 Å². The summed E-state index contributed by atoms with van der Waals surface area (Å²) in [5, 5.41) is 13.9. The summed E-state index contributed by atoms with van der Waals surface area (Å²) in [4.78, 5) is 33.4. The molecule has 2 atom stereocenters. The number of amides is 3. The van der Waals surface area contributed by atoms with Gasteiger partial charge in [-0.3, -0.25) is 4.79 Å². The Morgan fingerprint density at radius 2 is 1.80 bits per heavy atom. The van der Waals surface area contributed by atoms with E-state index in [4.69, 9.17) is 10.8 Å². The molecular formula is C13H23N3O4. The van der Waals surface area contributed by atoms with Crippen molar-refractivity contribution in [1.29, 1.82) is 0 Å². The van der Waals surface area contributed by atoms with E-state index < -0.39 is 30.4 Å². The van der Waals surface area contributed by atoms with Crippen LogP contribution in [0.3, 0.4) is 0 Å². The van der Waals surface area contributed by atoms with Crippen molar-refractivity contribution in [2.45, 2.75) is 57.5 Å². The maximum atomic E-state index is 11.8. The monoisotopic (exact) mass is 285 g/mol. The Balaban J connectivity index is 2.43. The minimum absolute atomic E-state index is 0.0154. The maximum Gasteiger partial charge on any atom is 0.326 e. The average molecular weight is 285 g/mol. The van der Waals surface area contributed by atoms with Crippen LogP contribution in [-0.4, -0.2) is 35.1 Å². The molecule has 1 fully saturated rings. The van der Waals surface area contributed by atoms with Crippen LogP contribution in [-0.2, 0) is 9.59 Å². The molecule has 0 radical (unpaired) electrons. The molecule has 114 valence electrons. The molecule has 0 aromatic heterocycles. The first-order chi connectivity index (χ1) is 9.40. The van der Waals surface area contributed by atoms with Crippen LogP contribution >= 0.6 is 0 Å². The molecule has 1 aliphatic rings. The smallest absolute Gasteiger partial charge is 0.326 e. The van der Waals surface area contributed by atoms with Gasteiger partial charge in [-0.25, -0.2) is 9.59 Å². The molecule has 0 heterocycles. The van der Waals surface area contributed by atoms with E-state index >= 15 is 0 Å². The Kier molecular flexibility index (Phi) is 6.27. The van der Waals surface area contributed by atoms with Crippen molar-refractivity contribution in [3.63, 3.8) is 0 Å². The molecule has 0 saturated heterocycles. The van der Waals surface area contributed by atoms with Crippen LogP contribution in [0.5, 0.6) is 0 Å². The average Bonchev–Trinajstić information content (AvgIpc) is 2.38. The van der Waals surface area contributed by atoms with E-state index in [1.54, 1.807) is 0 Å². The van der Waals surface area contributed by atoms with E-state index in [0.29, 0.717) is 5.92 Å². The molecule has 1 aliphatic carbocycles. The number of carbonyl (C=O) groups excluding carboxylic acids is 2. The van der Waals surface area contributed by atoms with Crippen molar-refractivity contribution < 1.29 is 19.5 Å². The minimum Gasteiger partial charge on any atom is -0.480 e. The molecule has 7 nitrogen and oxygen atoms in total. The molecule has 0 bridgehead atoms. The van der Waals surface area contributed by atoms with E-state index in [2.05, 4.69) is 10.6 Å². The summed E-state index contributed by atoms with van der Waals surface area (Å²) in [5.74, 6) is -1.61. The third-order valence-corrected chi connectivity index (χ3v) is 3.72. The predicted octanol–water partition coefficient (Wildman–Crippen LogP) is 0.583. The van der Waals surface area contributed by atoms with Crippen molar-refractivity contribution in [1.82, 2.24) is 10.6 Å². The van der Waals surface area contributed by atoms with Gasteiger partial charge in [0.25, 0.3) is 0 Å². The summed E-state index contributed by atoms with van der Waals surface area (Å²) in [6.07, 6.45) is 5.29. The van der Waals surface area contributed by atoms with Crippen LogP contribution in [0.15, 0.2) is 0 Å². The third-order valence-electron chi connectivity index (χ3n) is 3.72. The number of urea groups is 1. The molecule has 20 heavy (non-hydrogen) atoms. The number of hydrogen-bond donors (Lipinski definition) is 4. The van der Waals surface area contributed by atoms with Crippen molar-refractivity contribution in [3.8, 4) is 0 Å². The fourth-order valence-electron chi connectivity index (χ4n) is 2.56. The van der Waals surface area contributed by atoms with Crippen LogP contribution in [0.2, 0.25) is 0 Å². The fourth-order valence-corrected chi connectivity index (χ4v) is 2.56. The lowest BCUT2D eigenvalue weighted by Gasteiger charge is -2.28. The van der Waals surface area contributed by atoms with Gasteiger partial charge in [-0.15, -0.1) is 0 Å². The molecule has 3 amide bonds. The number of hydrogen-bond acceptors (Lipinski definition) is 3. The van der Waals surface area contributed by atoms with Crippen LogP contribution in [0.25, 0.3) is 0 Å². The first kappa shape index (κ1) is 16.3. The van der Waals surface area contributed by atoms with Crippen molar-refractivity contribution >= 4 is 17.9 Å². The second kappa shape index (κ2) is 7.72. The zero-order valence-corrected chi connectivity index (χ0v) is 11.7. The molecule has 5 N–H and O–H groups in total. The normalized spacial score (nSPS) is 18.9. The predicted molar refractivity (Wildman–Crippen MR) is 72.9 cm³/mol. The van der Waals surface area contributed by atoms with Gasteiger partial charge in [0.15, 0.2) is 0 Å². The molecule has 0 aromatic rings. The van der Waals surface area contributed by atoms with E-state index in [1.807, 2.05) is 6.92 Å². The highest BCUT2D eigenvalue weighted by Gasteiger charge is 2.25. The highest BCUT2D eigenvalue weighted by Crippen LogP contribution is 2.26. The number of rotatable bonds is 6. The molecule has 2 unspecified atom stereocenters. The highest BCUT2D eigenvalue weighted by molar-refractivity contribution is 5.87. The quantitative estimate of drug-likeness (QED) is 0.570. The number of nitrogens with two attached hydrogens (primary N) is 1. The minimum atomic E-state index is -1.29. The van der Waals surface area contributed by atoms with Crippen molar-refractivity contribution in [2.75, 3.05) is 0 Å². The summed E-state index contributed by atoms with van der Waals surface area (Å²) in [7, 11) is 0. The van der Waals surface area contributed by atoms with Gasteiger partial charge in [0, 0.05) is 6.04 Å². The first-order valence-corrected chi connectivity index (χ1v) is 6.98. The van der Waals surface area contributed by atoms with Gasteiger partial charge in [0.05, 0.1) is 6.42 Å². The van der Waals surface area contributed by atoms with E-state index in [9.17, 15) is 14.4 Å². The molecule has 0 spiro atoms. The van der Waals surface area contributed by atoms with Gasteiger partial charge in [-0.1, -0.05) is 19.3 Å². The van der Waals surface area contributed by atoms with Crippen LogP contribution < -0.4 is 16.4 Å². The molecule has 1 saturated carbocycles. The largest absolute Gasteiger partial charge is 0.480 e. The second-order valence-electron chi connectivity index (χ2n) is 5.37. The summed E-state index contributed by atoms with van der Waals surface area (Å²) in [5.41, 5.74) is 4.95. The van der Waals surface area contributed by atoms with E-state index in [0.717, 1.165) is 25.7 Å². The van der Waals surface area contributed by atoms with Gasteiger partial charge in [0.1, 0.15) is 6.04 Å². The summed E-state index contributed by atoms with van der Waals surface area (Å²) < 4.78 is 0. The summed E-state index contributed by atoms with van der Waals surface area (Å²) >= 11 is 0. The Morgan fingerprint density at radius 1 is 1.20 bits per heavy atom. The number of carboxylic acids is 1.